The molecule has 2 aliphatic rings. The highest BCUT2D eigenvalue weighted by Gasteiger charge is 2.44. The predicted molar refractivity (Wildman–Crippen MR) is 182 cm³/mol. The van der Waals surface area contributed by atoms with Gasteiger partial charge in [-0.25, -0.2) is 24.3 Å². The quantitative estimate of drug-likeness (QED) is 0.179. The molecule has 2 aromatic carbocycles. The number of ether oxygens (including phenoxy) is 5. The zero-order chi connectivity index (χ0) is 36.5. The molecule has 276 valence electrons. The summed E-state index contributed by atoms with van der Waals surface area (Å²) in [4.78, 5) is 43.3. The summed E-state index contributed by atoms with van der Waals surface area (Å²) in [5, 5.41) is 23.0. The van der Waals surface area contributed by atoms with Crippen molar-refractivity contribution in [2.75, 3.05) is 34.0 Å². The summed E-state index contributed by atoms with van der Waals surface area (Å²) in [6, 6.07) is 12.9. The van der Waals surface area contributed by atoms with Crippen LogP contribution in [0.5, 0.6) is 5.75 Å². The van der Waals surface area contributed by atoms with Crippen molar-refractivity contribution < 1.29 is 43.2 Å². The molecular weight excluding hydrogens is 662 g/mol. The van der Waals surface area contributed by atoms with Gasteiger partial charge >= 0.3 is 12.2 Å². The highest BCUT2D eigenvalue weighted by atomic mass is 16.7. The van der Waals surface area contributed by atoms with Gasteiger partial charge in [-0.3, -0.25) is 10.2 Å². The molecule has 0 radical (unpaired) electrons. The number of amides is 3. The maximum atomic E-state index is 13.8. The first kappa shape index (κ1) is 37.5. The van der Waals surface area contributed by atoms with Gasteiger partial charge in [0.05, 0.1) is 51.2 Å². The van der Waals surface area contributed by atoms with Crippen LogP contribution in [0, 0.1) is 11.3 Å². The molecule has 3 heterocycles. The van der Waals surface area contributed by atoms with Gasteiger partial charge in [0.15, 0.2) is 6.29 Å². The Morgan fingerprint density at radius 2 is 1.75 bits per heavy atom. The van der Waals surface area contributed by atoms with E-state index in [1.54, 1.807) is 35.3 Å². The molecule has 1 unspecified atom stereocenters. The number of hydrogen-bond acceptors (Lipinski definition) is 12. The fourth-order valence-corrected chi connectivity index (χ4v) is 6.06. The Bertz CT molecular complexity index is 1580. The highest BCUT2D eigenvalue weighted by Crippen LogP contribution is 2.33. The lowest BCUT2D eigenvalue weighted by Gasteiger charge is -2.34. The van der Waals surface area contributed by atoms with E-state index in [4.69, 9.17) is 23.7 Å². The van der Waals surface area contributed by atoms with Crippen molar-refractivity contribution in [3.8, 4) is 11.4 Å². The van der Waals surface area contributed by atoms with Crippen molar-refractivity contribution in [3.05, 3.63) is 72.3 Å². The van der Waals surface area contributed by atoms with E-state index in [0.29, 0.717) is 12.4 Å². The van der Waals surface area contributed by atoms with Crippen molar-refractivity contribution in [2.45, 2.75) is 70.7 Å². The van der Waals surface area contributed by atoms with Gasteiger partial charge in [-0.15, -0.1) is 0 Å². The summed E-state index contributed by atoms with van der Waals surface area (Å²) < 4.78 is 28.6. The van der Waals surface area contributed by atoms with E-state index in [1.165, 1.54) is 13.4 Å². The Hall–Kier alpha value is -4.77. The summed E-state index contributed by atoms with van der Waals surface area (Å²) in [7, 11) is 2.79. The van der Waals surface area contributed by atoms with E-state index >= 15 is 0 Å². The standard InChI is InChI=1S/C35H47N7O9/c1-35(2,3)30(39-33(45)48-5)31(44)40-41(17-23-6-10-24(11-7-23)42-21-36-20-37-42)18-28(43)27(16-22-8-12-25(47-4)13-9-22)38-34(46)51-29-19-50-32-26(29)14-15-49-32/h6-13,20-21,26-30,32,43H,14-19H2,1-5H3,(H,38,46)(H,39,45)(H,40,44)/t26-,27-,28-,29-,30?,32+/m0/s1. The van der Waals surface area contributed by atoms with Crippen LogP contribution in [0.1, 0.15) is 38.3 Å². The lowest BCUT2D eigenvalue weighted by atomic mass is 9.86. The number of methoxy groups -OCH3 is 2. The number of fused-ring (bicyclic) bond motifs is 1. The Labute approximate surface area is 296 Å². The first-order valence-electron chi connectivity index (χ1n) is 16.8. The molecule has 51 heavy (non-hydrogen) atoms. The first-order valence-corrected chi connectivity index (χ1v) is 16.8. The first-order chi connectivity index (χ1) is 24.4. The van der Waals surface area contributed by atoms with Crippen LogP contribution in [-0.2, 0) is 36.7 Å². The minimum Gasteiger partial charge on any atom is -0.497 e. The maximum Gasteiger partial charge on any atom is 0.407 e. The number of hydrazine groups is 1. The van der Waals surface area contributed by atoms with Gasteiger partial charge in [-0.2, -0.15) is 5.10 Å². The minimum atomic E-state index is -1.21. The number of alkyl carbamates (subject to hydrolysis) is 2. The fraction of sp³-hybridized carbons (Fsp3) is 0.514. The van der Waals surface area contributed by atoms with E-state index in [2.05, 4.69) is 26.1 Å². The Kier molecular flexibility index (Phi) is 12.5. The second-order valence-electron chi connectivity index (χ2n) is 13.6. The number of aromatic nitrogens is 3. The summed E-state index contributed by atoms with van der Waals surface area (Å²) in [6.45, 7) is 6.24. The van der Waals surface area contributed by atoms with Crippen molar-refractivity contribution in [1.82, 2.24) is 35.8 Å². The molecule has 3 amide bonds. The average molecular weight is 710 g/mol. The third-order valence-corrected chi connectivity index (χ3v) is 8.87. The molecule has 1 aromatic heterocycles. The summed E-state index contributed by atoms with van der Waals surface area (Å²) in [5.41, 5.74) is 4.60. The van der Waals surface area contributed by atoms with Crippen molar-refractivity contribution in [3.63, 3.8) is 0 Å². The van der Waals surface area contributed by atoms with Gasteiger partial charge in [0, 0.05) is 13.1 Å². The molecule has 0 bridgehead atoms. The molecule has 16 nitrogen and oxygen atoms in total. The Morgan fingerprint density at radius 3 is 2.39 bits per heavy atom. The monoisotopic (exact) mass is 709 g/mol. The molecule has 2 fully saturated rings. The van der Waals surface area contributed by atoms with Crippen molar-refractivity contribution in [1.29, 1.82) is 0 Å². The van der Waals surface area contributed by atoms with Crippen LogP contribution in [0.15, 0.2) is 61.2 Å². The number of aliphatic hydroxyl groups excluding tert-OH is 1. The number of benzene rings is 2. The van der Waals surface area contributed by atoms with Crippen LogP contribution in [-0.4, -0.2) is 108 Å². The molecule has 16 heteroatoms. The van der Waals surface area contributed by atoms with Crippen molar-refractivity contribution >= 4 is 18.1 Å². The summed E-state index contributed by atoms with van der Waals surface area (Å²) in [6.07, 6.45) is 0.426. The Morgan fingerprint density at radius 1 is 1.02 bits per heavy atom. The zero-order valence-corrected chi connectivity index (χ0v) is 29.5. The van der Waals surface area contributed by atoms with Crippen LogP contribution in [0.2, 0.25) is 0 Å². The minimum absolute atomic E-state index is 0.0586. The average Bonchev–Trinajstić information content (AvgIpc) is 3.88. The van der Waals surface area contributed by atoms with Crippen LogP contribution >= 0.6 is 0 Å². The number of nitrogens with one attached hydrogen (secondary N) is 3. The molecule has 3 aromatic rings. The SMILES string of the molecule is COC(=O)NC(C(=O)NN(Cc1ccc(-n2cncn2)cc1)C[C@H](O)[C@H](Cc1ccc(OC)cc1)NC(=O)O[C@H]1CO[C@H]2OCC[C@H]21)C(C)(C)C. The number of aliphatic hydroxyl groups is 1. The van der Waals surface area contributed by atoms with Crippen LogP contribution in [0.4, 0.5) is 9.59 Å². The number of nitrogens with zero attached hydrogens (tertiary/aromatic N) is 4. The second kappa shape index (κ2) is 17.0. The van der Waals surface area contributed by atoms with Gasteiger partial charge in [0.2, 0.25) is 0 Å². The van der Waals surface area contributed by atoms with Crippen molar-refractivity contribution in [2.24, 2.45) is 11.3 Å². The Balaban J connectivity index is 1.36. The molecule has 5 rings (SSSR count). The van der Waals surface area contributed by atoms with Gasteiger partial charge in [0.1, 0.15) is 30.5 Å². The predicted octanol–water partition coefficient (Wildman–Crippen LogP) is 2.34. The zero-order valence-electron chi connectivity index (χ0n) is 29.5. The number of carbonyl (C=O) groups excluding carboxylic acids is 3. The maximum absolute atomic E-state index is 13.8. The van der Waals surface area contributed by atoms with E-state index < -0.39 is 54.1 Å². The fourth-order valence-electron chi connectivity index (χ4n) is 6.06. The number of hydrogen-bond donors (Lipinski definition) is 4. The molecule has 0 spiro atoms. The van der Waals surface area contributed by atoms with Crippen LogP contribution < -0.4 is 20.8 Å². The molecular formula is C35H47N7O9. The van der Waals surface area contributed by atoms with E-state index in [1.807, 2.05) is 57.2 Å². The number of rotatable bonds is 14. The topological polar surface area (TPSA) is 188 Å². The third kappa shape index (κ3) is 10.2. The van der Waals surface area contributed by atoms with Gasteiger partial charge in [-0.05, 0) is 53.6 Å². The van der Waals surface area contributed by atoms with E-state index in [9.17, 15) is 19.5 Å². The smallest absolute Gasteiger partial charge is 0.407 e. The van der Waals surface area contributed by atoms with E-state index in [0.717, 1.165) is 23.2 Å². The molecule has 0 aliphatic carbocycles. The second-order valence-corrected chi connectivity index (χ2v) is 13.6. The molecule has 2 saturated heterocycles. The van der Waals surface area contributed by atoms with Crippen LogP contribution in [0.25, 0.3) is 5.69 Å². The van der Waals surface area contributed by atoms with E-state index in [-0.39, 0.29) is 32.0 Å². The molecule has 6 atom stereocenters. The summed E-state index contributed by atoms with van der Waals surface area (Å²) >= 11 is 0. The molecule has 2 aliphatic heterocycles. The highest BCUT2D eigenvalue weighted by molar-refractivity contribution is 5.86. The number of carbonyl (C=O) groups is 3. The third-order valence-electron chi connectivity index (χ3n) is 8.87. The summed E-state index contributed by atoms with van der Waals surface area (Å²) in [5.74, 6) is 0.0835. The molecule has 4 N–H and O–H groups in total. The largest absolute Gasteiger partial charge is 0.497 e. The van der Waals surface area contributed by atoms with Gasteiger partial charge < -0.3 is 39.4 Å². The van der Waals surface area contributed by atoms with Gasteiger partial charge in [0.25, 0.3) is 5.91 Å². The van der Waals surface area contributed by atoms with Crippen LogP contribution in [0.3, 0.4) is 0 Å². The lowest BCUT2D eigenvalue weighted by molar-refractivity contribution is -0.131. The lowest BCUT2D eigenvalue weighted by Crippen LogP contribution is -2.59. The molecule has 0 saturated carbocycles. The van der Waals surface area contributed by atoms with Gasteiger partial charge in [-0.1, -0.05) is 45.0 Å². The normalized spacial score (nSPS) is 20.2.